The fourth-order valence-electron chi connectivity index (χ4n) is 2.40. The van der Waals surface area contributed by atoms with Gasteiger partial charge in [0.25, 0.3) is 0 Å². The van der Waals surface area contributed by atoms with Crippen molar-refractivity contribution in [2.75, 3.05) is 26.0 Å². The SMILES string of the molecule is CN(C)c1ccc(C[C@@H]2NC(C)(C)N(C)C2=O)cc1. The van der Waals surface area contributed by atoms with Gasteiger partial charge in [-0.05, 0) is 38.0 Å². The minimum Gasteiger partial charge on any atom is -0.378 e. The van der Waals surface area contributed by atoms with E-state index in [0.717, 1.165) is 6.42 Å². The Morgan fingerprint density at radius 3 is 2.26 bits per heavy atom. The van der Waals surface area contributed by atoms with Crippen LogP contribution >= 0.6 is 0 Å². The van der Waals surface area contributed by atoms with E-state index in [2.05, 4.69) is 34.5 Å². The molecule has 0 unspecified atom stereocenters. The van der Waals surface area contributed by atoms with Crippen molar-refractivity contribution in [3.63, 3.8) is 0 Å². The van der Waals surface area contributed by atoms with Crippen LogP contribution in [-0.4, -0.2) is 43.7 Å². The Morgan fingerprint density at radius 1 is 1.26 bits per heavy atom. The normalized spacial score (nSPS) is 21.8. The zero-order valence-electron chi connectivity index (χ0n) is 12.4. The summed E-state index contributed by atoms with van der Waals surface area (Å²) >= 11 is 0. The molecular formula is C15H23N3O. The summed E-state index contributed by atoms with van der Waals surface area (Å²) in [5.41, 5.74) is 2.10. The van der Waals surface area contributed by atoms with Crippen molar-refractivity contribution in [3.8, 4) is 0 Å². The molecule has 0 aromatic heterocycles. The number of amides is 1. The average Bonchev–Trinajstić information content (AvgIpc) is 2.54. The fourth-order valence-corrected chi connectivity index (χ4v) is 2.40. The van der Waals surface area contributed by atoms with Gasteiger partial charge in [-0.15, -0.1) is 0 Å². The molecule has 1 atom stereocenters. The van der Waals surface area contributed by atoms with Gasteiger partial charge < -0.3 is 9.80 Å². The summed E-state index contributed by atoms with van der Waals surface area (Å²) in [5, 5.41) is 3.38. The molecule has 0 bridgehead atoms. The first-order chi connectivity index (χ1) is 8.81. The van der Waals surface area contributed by atoms with Gasteiger partial charge >= 0.3 is 0 Å². The smallest absolute Gasteiger partial charge is 0.241 e. The summed E-state index contributed by atoms with van der Waals surface area (Å²) in [7, 11) is 5.90. The molecule has 0 saturated carbocycles. The molecule has 104 valence electrons. The summed E-state index contributed by atoms with van der Waals surface area (Å²) in [5.74, 6) is 0.168. The second-order valence-electron chi connectivity index (χ2n) is 5.92. The van der Waals surface area contributed by atoms with Gasteiger partial charge in [0.05, 0.1) is 11.7 Å². The molecule has 1 fully saturated rings. The van der Waals surface area contributed by atoms with Gasteiger partial charge in [0.2, 0.25) is 5.91 Å². The molecule has 1 aromatic rings. The molecule has 1 heterocycles. The Kier molecular flexibility index (Phi) is 3.54. The lowest BCUT2D eigenvalue weighted by Gasteiger charge is -2.27. The molecule has 0 radical (unpaired) electrons. The zero-order valence-corrected chi connectivity index (χ0v) is 12.4. The molecule has 19 heavy (non-hydrogen) atoms. The van der Waals surface area contributed by atoms with Crippen LogP contribution in [0.4, 0.5) is 5.69 Å². The Balaban J connectivity index is 2.08. The van der Waals surface area contributed by atoms with E-state index >= 15 is 0 Å². The van der Waals surface area contributed by atoms with E-state index < -0.39 is 0 Å². The van der Waals surface area contributed by atoms with E-state index in [1.54, 1.807) is 4.90 Å². The summed E-state index contributed by atoms with van der Waals surface area (Å²) < 4.78 is 0. The quantitative estimate of drug-likeness (QED) is 0.895. The van der Waals surface area contributed by atoms with Gasteiger partial charge in [0, 0.05) is 26.8 Å². The number of benzene rings is 1. The molecule has 1 amide bonds. The highest BCUT2D eigenvalue weighted by molar-refractivity contribution is 5.85. The number of anilines is 1. The third kappa shape index (κ3) is 2.73. The van der Waals surface area contributed by atoms with Crippen LogP contribution in [0.5, 0.6) is 0 Å². The van der Waals surface area contributed by atoms with Crippen LogP contribution in [0.25, 0.3) is 0 Å². The zero-order chi connectivity index (χ0) is 14.2. The van der Waals surface area contributed by atoms with Crippen LogP contribution in [0, 0.1) is 0 Å². The van der Waals surface area contributed by atoms with Crippen molar-refractivity contribution in [2.45, 2.75) is 32.0 Å². The third-order valence-electron chi connectivity index (χ3n) is 3.89. The summed E-state index contributed by atoms with van der Waals surface area (Å²) in [6.45, 7) is 4.06. The number of rotatable bonds is 3. The van der Waals surface area contributed by atoms with Crippen molar-refractivity contribution in [2.24, 2.45) is 0 Å². The lowest BCUT2D eigenvalue weighted by molar-refractivity contribution is -0.129. The number of hydrogen-bond donors (Lipinski definition) is 1. The van der Waals surface area contributed by atoms with Crippen molar-refractivity contribution >= 4 is 11.6 Å². The molecule has 1 aliphatic rings. The Labute approximate surface area is 115 Å². The lowest BCUT2D eigenvalue weighted by Crippen LogP contribution is -2.45. The number of hydrogen-bond acceptors (Lipinski definition) is 3. The standard InChI is InChI=1S/C15H23N3O/c1-15(2)16-13(14(19)18(15)5)10-11-6-8-12(9-7-11)17(3)4/h6-9,13,16H,10H2,1-5H3/t13-/m0/s1. The van der Waals surface area contributed by atoms with Crippen LogP contribution in [0.2, 0.25) is 0 Å². The predicted octanol–water partition coefficient (Wildman–Crippen LogP) is 1.46. The Bertz CT molecular complexity index is 465. The average molecular weight is 261 g/mol. The van der Waals surface area contributed by atoms with Crippen LogP contribution in [-0.2, 0) is 11.2 Å². The van der Waals surface area contributed by atoms with Gasteiger partial charge in [-0.25, -0.2) is 0 Å². The van der Waals surface area contributed by atoms with Crippen LogP contribution < -0.4 is 10.2 Å². The first kappa shape index (κ1) is 13.9. The molecule has 0 aliphatic carbocycles. The second kappa shape index (κ2) is 4.85. The van der Waals surface area contributed by atoms with Gasteiger partial charge in [-0.3, -0.25) is 10.1 Å². The van der Waals surface area contributed by atoms with E-state index in [0.29, 0.717) is 0 Å². The maximum Gasteiger partial charge on any atom is 0.241 e. The van der Waals surface area contributed by atoms with E-state index in [1.165, 1.54) is 11.3 Å². The second-order valence-corrected chi connectivity index (χ2v) is 5.92. The van der Waals surface area contributed by atoms with Crippen LogP contribution in [0.1, 0.15) is 19.4 Å². The largest absolute Gasteiger partial charge is 0.378 e. The van der Waals surface area contributed by atoms with E-state index in [-0.39, 0.29) is 17.6 Å². The third-order valence-corrected chi connectivity index (χ3v) is 3.89. The van der Waals surface area contributed by atoms with Gasteiger partial charge in [-0.1, -0.05) is 12.1 Å². The topological polar surface area (TPSA) is 35.6 Å². The Morgan fingerprint density at radius 2 is 1.84 bits per heavy atom. The number of carbonyl (C=O) groups excluding carboxylic acids is 1. The van der Waals surface area contributed by atoms with Crippen molar-refractivity contribution in [1.82, 2.24) is 10.2 Å². The van der Waals surface area contributed by atoms with Crippen molar-refractivity contribution in [1.29, 1.82) is 0 Å². The minimum atomic E-state index is -0.259. The van der Waals surface area contributed by atoms with E-state index in [1.807, 2.05) is 35.0 Å². The monoisotopic (exact) mass is 261 g/mol. The minimum absolute atomic E-state index is 0.120. The molecular weight excluding hydrogens is 238 g/mol. The molecule has 4 nitrogen and oxygen atoms in total. The fraction of sp³-hybridized carbons (Fsp3) is 0.533. The molecule has 2 rings (SSSR count). The predicted molar refractivity (Wildman–Crippen MR) is 78.2 cm³/mol. The lowest BCUT2D eigenvalue weighted by atomic mass is 10.1. The highest BCUT2D eigenvalue weighted by Crippen LogP contribution is 2.22. The molecule has 4 heteroatoms. The van der Waals surface area contributed by atoms with Crippen molar-refractivity contribution in [3.05, 3.63) is 29.8 Å². The van der Waals surface area contributed by atoms with Crippen molar-refractivity contribution < 1.29 is 4.79 Å². The highest BCUT2D eigenvalue weighted by Gasteiger charge is 2.41. The molecule has 1 N–H and O–H groups in total. The Hall–Kier alpha value is -1.55. The summed E-state index contributed by atoms with van der Waals surface area (Å²) in [6.07, 6.45) is 0.736. The van der Waals surface area contributed by atoms with Gasteiger partial charge in [0.15, 0.2) is 0 Å². The molecule has 1 aliphatic heterocycles. The summed E-state index contributed by atoms with van der Waals surface area (Å²) in [6, 6.07) is 8.24. The molecule has 1 saturated heterocycles. The van der Waals surface area contributed by atoms with Crippen LogP contribution in [0.15, 0.2) is 24.3 Å². The first-order valence-corrected chi connectivity index (χ1v) is 6.63. The number of carbonyl (C=O) groups is 1. The summed E-state index contributed by atoms with van der Waals surface area (Å²) in [4.78, 5) is 16.0. The van der Waals surface area contributed by atoms with Crippen LogP contribution in [0.3, 0.4) is 0 Å². The van der Waals surface area contributed by atoms with E-state index in [9.17, 15) is 4.79 Å². The number of likely N-dealkylation sites (N-methyl/N-ethyl adjacent to an activating group) is 1. The maximum absolute atomic E-state index is 12.2. The molecule has 1 aromatic carbocycles. The highest BCUT2D eigenvalue weighted by atomic mass is 16.2. The van der Waals surface area contributed by atoms with E-state index in [4.69, 9.17) is 0 Å². The maximum atomic E-state index is 12.2. The molecule has 0 spiro atoms. The number of nitrogens with one attached hydrogen (secondary N) is 1. The number of nitrogens with zero attached hydrogens (tertiary/aromatic N) is 2. The van der Waals surface area contributed by atoms with Gasteiger partial charge in [-0.2, -0.15) is 0 Å². The first-order valence-electron chi connectivity index (χ1n) is 6.63. The van der Waals surface area contributed by atoms with Gasteiger partial charge in [0.1, 0.15) is 0 Å².